The largest absolute Gasteiger partial charge is 0.292 e. The second-order valence-corrected chi connectivity index (χ2v) is 3.28. The van der Waals surface area contributed by atoms with E-state index in [9.17, 15) is 0 Å². The molecule has 0 saturated heterocycles. The van der Waals surface area contributed by atoms with Crippen molar-refractivity contribution in [2.75, 3.05) is 13.6 Å². The molecule has 0 aliphatic heterocycles. The molecule has 0 amide bonds. The van der Waals surface area contributed by atoms with E-state index in [1.165, 1.54) is 0 Å². The van der Waals surface area contributed by atoms with Crippen LogP contribution in [0.3, 0.4) is 0 Å². The summed E-state index contributed by atoms with van der Waals surface area (Å²) in [5, 5.41) is 0. The minimum absolute atomic E-state index is 0.300. The quantitative estimate of drug-likeness (QED) is 0.658. The maximum atomic E-state index is 8.17. The summed E-state index contributed by atoms with van der Waals surface area (Å²) in [7, 11) is 1.82. The molecular weight excluding hydrogens is 170 g/mol. The van der Waals surface area contributed by atoms with Gasteiger partial charge in [0.1, 0.15) is 1.37 Å². The lowest BCUT2D eigenvalue weighted by Crippen LogP contribution is -2.31. The van der Waals surface area contributed by atoms with Gasteiger partial charge < -0.3 is 0 Å². The first-order valence-electron chi connectivity index (χ1n) is 6.15. The highest BCUT2D eigenvalue weighted by atomic mass is 15.1. The number of hydrogen-bond acceptors (Lipinski definition) is 1. The predicted octanol–water partition coefficient (Wildman–Crippen LogP) is 2.18. The summed E-state index contributed by atoms with van der Waals surface area (Å²) in [5.74, 6) is 2.63. The molecule has 0 bridgehead atoms. The second-order valence-electron chi connectivity index (χ2n) is 3.28. The van der Waals surface area contributed by atoms with Crippen LogP contribution in [0.15, 0.2) is 30.3 Å². The molecule has 0 unspecified atom stereocenters. The molecule has 0 heterocycles. The Bertz CT molecular complexity index is 406. The smallest absolute Gasteiger partial charge is 0.124 e. The van der Waals surface area contributed by atoms with Gasteiger partial charge in [0.05, 0.1) is 6.54 Å². The van der Waals surface area contributed by atoms with Crippen molar-refractivity contribution in [3.63, 3.8) is 0 Å². The fourth-order valence-corrected chi connectivity index (χ4v) is 1.15. The molecule has 0 aliphatic carbocycles. The Labute approximate surface area is 91.0 Å². The summed E-state index contributed by atoms with van der Waals surface area (Å²) < 4.78 is 23.1. The van der Waals surface area contributed by atoms with E-state index >= 15 is 0 Å². The van der Waals surface area contributed by atoms with Gasteiger partial charge in [-0.2, -0.15) is 0 Å². The molecule has 1 rings (SSSR count). The zero-order valence-corrected chi connectivity index (χ0v) is 8.62. The number of hydrogen-bond donors (Lipinski definition) is 0. The molecule has 0 saturated carbocycles. The van der Waals surface area contributed by atoms with Crippen molar-refractivity contribution in [3.8, 4) is 12.3 Å². The van der Waals surface area contributed by atoms with Crippen LogP contribution in [-0.2, 0) is 6.37 Å². The molecule has 1 nitrogen and oxygen atoms in total. The van der Waals surface area contributed by atoms with E-state index in [0.717, 1.165) is 0 Å². The van der Waals surface area contributed by atoms with Crippen LogP contribution in [-0.4, -0.2) is 24.5 Å². The zero-order chi connectivity index (χ0) is 12.9. The van der Waals surface area contributed by atoms with Gasteiger partial charge >= 0.3 is 0 Å². The Kier molecular flexibility index (Phi) is 2.77. The van der Waals surface area contributed by atoms with E-state index in [-0.39, 0.29) is 6.04 Å². The first kappa shape index (κ1) is 7.09. The van der Waals surface area contributed by atoms with Gasteiger partial charge in [0, 0.05) is 8.78 Å². The normalized spacial score (nSPS) is 16.1. The fraction of sp³-hybridized carbons (Fsp3) is 0.385. The summed E-state index contributed by atoms with van der Waals surface area (Å²) in [6.45, 7) is 2.23. The van der Waals surface area contributed by atoms with E-state index in [0.29, 0.717) is 12.1 Å². The lowest BCUT2D eigenvalue weighted by Gasteiger charge is -2.22. The van der Waals surface area contributed by atoms with Crippen molar-refractivity contribution in [1.82, 2.24) is 4.90 Å². The van der Waals surface area contributed by atoms with Gasteiger partial charge in [0.25, 0.3) is 0 Å². The van der Waals surface area contributed by atoms with E-state index in [2.05, 4.69) is 12.3 Å². The predicted molar refractivity (Wildman–Crippen MR) is 61.1 cm³/mol. The molecule has 14 heavy (non-hydrogen) atoms. The van der Waals surface area contributed by atoms with Crippen LogP contribution in [0.5, 0.6) is 0 Å². The molecule has 0 aromatic heterocycles. The van der Waals surface area contributed by atoms with Crippen molar-refractivity contribution in [2.45, 2.75) is 19.3 Å². The van der Waals surface area contributed by atoms with Gasteiger partial charge in [-0.15, -0.1) is 6.40 Å². The van der Waals surface area contributed by atoms with Crippen molar-refractivity contribution < 1.29 is 4.11 Å². The van der Waals surface area contributed by atoms with E-state index in [1.54, 1.807) is 12.1 Å². The Morgan fingerprint density at radius 2 is 2.29 bits per heavy atom. The van der Waals surface area contributed by atoms with Crippen LogP contribution in [0.25, 0.3) is 0 Å². The Hall–Kier alpha value is -1.26. The van der Waals surface area contributed by atoms with Gasteiger partial charge in [-0.3, -0.25) is 4.90 Å². The standard InChI is InChI=1S/C13H17N/c1-4-10-14(3)12(2)11-13-8-6-5-7-9-13/h1,5-9,12H,10-11H2,2-3H3/t12-/m1/s1/i1D,11D2. The first-order chi connectivity index (χ1) is 8.00. The van der Waals surface area contributed by atoms with Crippen LogP contribution in [0.4, 0.5) is 0 Å². The van der Waals surface area contributed by atoms with E-state index in [1.807, 2.05) is 37.1 Å². The summed E-state index contributed by atoms with van der Waals surface area (Å²) in [6.07, 6.45) is 0.650. The molecule has 1 aromatic carbocycles. The summed E-state index contributed by atoms with van der Waals surface area (Å²) >= 11 is 0. The highest BCUT2D eigenvalue weighted by Gasteiger charge is 2.07. The second kappa shape index (κ2) is 5.47. The molecule has 0 radical (unpaired) electrons. The number of likely N-dealkylation sites (N-methyl/N-ethyl adjacent to an activating group) is 1. The van der Waals surface area contributed by atoms with Crippen LogP contribution in [0.1, 0.15) is 16.6 Å². The SMILES string of the molecule is [2H]C#CCN(C)[C@H](C)C([2H])([2H])c1ccccc1. The summed E-state index contributed by atoms with van der Waals surface area (Å²) in [4.78, 5) is 1.81. The average molecular weight is 190 g/mol. The molecule has 1 atom stereocenters. The van der Waals surface area contributed by atoms with Crippen LogP contribution in [0.2, 0.25) is 0 Å². The maximum Gasteiger partial charge on any atom is 0.124 e. The molecule has 0 N–H and O–H groups in total. The van der Waals surface area contributed by atoms with Crippen LogP contribution < -0.4 is 0 Å². The molecule has 74 valence electrons. The number of nitrogens with zero attached hydrogens (tertiary/aromatic N) is 1. The minimum atomic E-state index is -1.43. The molecule has 0 fully saturated rings. The first-order valence-corrected chi connectivity index (χ1v) is 4.65. The van der Waals surface area contributed by atoms with Crippen molar-refractivity contribution in [3.05, 3.63) is 35.9 Å². The van der Waals surface area contributed by atoms with Gasteiger partial charge in [-0.1, -0.05) is 36.3 Å². The van der Waals surface area contributed by atoms with Crippen molar-refractivity contribution in [2.24, 2.45) is 0 Å². The Morgan fingerprint density at radius 3 is 2.93 bits per heavy atom. The van der Waals surface area contributed by atoms with Crippen LogP contribution >= 0.6 is 0 Å². The van der Waals surface area contributed by atoms with Gasteiger partial charge in [-0.05, 0) is 25.9 Å². The third-order valence-electron chi connectivity index (χ3n) is 2.14. The lowest BCUT2D eigenvalue weighted by atomic mass is 10.1. The molecule has 0 spiro atoms. The topological polar surface area (TPSA) is 3.24 Å². The maximum absolute atomic E-state index is 8.17. The third-order valence-corrected chi connectivity index (χ3v) is 2.14. The molecule has 0 aliphatic rings. The van der Waals surface area contributed by atoms with Crippen molar-refractivity contribution in [1.29, 1.82) is 0 Å². The van der Waals surface area contributed by atoms with Crippen LogP contribution in [0, 0.1) is 12.3 Å². The van der Waals surface area contributed by atoms with Gasteiger partial charge in [-0.25, -0.2) is 0 Å². The highest BCUT2D eigenvalue weighted by molar-refractivity contribution is 5.15. The molecular formula is C13H17N. The number of terminal acetylenes is 1. The summed E-state index contributed by atoms with van der Waals surface area (Å²) in [6, 6.07) is 8.83. The average Bonchev–Trinajstić information content (AvgIpc) is 2.36. The van der Waals surface area contributed by atoms with E-state index in [4.69, 9.17) is 4.11 Å². The minimum Gasteiger partial charge on any atom is -0.292 e. The number of rotatable bonds is 4. The monoisotopic (exact) mass is 190 g/mol. The van der Waals surface area contributed by atoms with Crippen molar-refractivity contribution >= 4 is 0 Å². The fourth-order valence-electron chi connectivity index (χ4n) is 1.15. The Morgan fingerprint density at radius 1 is 1.57 bits per heavy atom. The number of benzene rings is 1. The highest BCUT2D eigenvalue weighted by Crippen LogP contribution is 2.06. The summed E-state index contributed by atoms with van der Waals surface area (Å²) in [5.41, 5.74) is 0.665. The third kappa shape index (κ3) is 3.24. The lowest BCUT2D eigenvalue weighted by molar-refractivity contribution is 0.287. The zero-order valence-electron chi connectivity index (χ0n) is 11.6. The Balaban J connectivity index is 2.85. The molecule has 1 aromatic rings. The molecule has 1 heteroatoms. The van der Waals surface area contributed by atoms with E-state index < -0.39 is 6.37 Å². The van der Waals surface area contributed by atoms with Gasteiger partial charge in [0.15, 0.2) is 0 Å². The van der Waals surface area contributed by atoms with Gasteiger partial charge in [0.2, 0.25) is 0 Å².